The van der Waals surface area contributed by atoms with Gasteiger partial charge in [0.2, 0.25) is 0 Å². The Bertz CT molecular complexity index is 596. The zero-order valence-electron chi connectivity index (χ0n) is 12.5. The molecule has 4 heteroatoms. The van der Waals surface area contributed by atoms with Crippen molar-refractivity contribution in [3.8, 4) is 0 Å². The van der Waals surface area contributed by atoms with Crippen LogP contribution in [0.2, 0.25) is 0 Å². The molecule has 110 valence electrons. The molecule has 0 saturated heterocycles. The second-order valence-corrected chi connectivity index (χ2v) is 4.93. The highest BCUT2D eigenvalue weighted by Gasteiger charge is 2.07. The monoisotopic (exact) mass is 283 g/mol. The number of nitrogens with zero attached hydrogens (tertiary/aromatic N) is 1. The van der Waals surface area contributed by atoms with Crippen LogP contribution in [0.4, 0.5) is 5.69 Å². The molecule has 1 heterocycles. The molecule has 1 aromatic heterocycles. The fourth-order valence-corrected chi connectivity index (χ4v) is 2.16. The van der Waals surface area contributed by atoms with E-state index < -0.39 is 0 Å². The van der Waals surface area contributed by atoms with Crippen LogP contribution in [0.15, 0.2) is 42.7 Å². The van der Waals surface area contributed by atoms with Crippen LogP contribution in [-0.2, 0) is 6.42 Å². The number of hydrogen-bond donors (Lipinski definition) is 2. The summed E-state index contributed by atoms with van der Waals surface area (Å²) in [6.45, 7) is 5.54. The second-order valence-electron chi connectivity index (χ2n) is 4.93. The van der Waals surface area contributed by atoms with Crippen LogP contribution >= 0.6 is 0 Å². The Morgan fingerprint density at radius 1 is 1.29 bits per heavy atom. The molecule has 0 spiro atoms. The van der Waals surface area contributed by atoms with Crippen LogP contribution in [0, 0.1) is 6.92 Å². The first-order valence-corrected chi connectivity index (χ1v) is 7.22. The average Bonchev–Trinajstić information content (AvgIpc) is 2.50. The summed E-state index contributed by atoms with van der Waals surface area (Å²) in [4.78, 5) is 16.2. The summed E-state index contributed by atoms with van der Waals surface area (Å²) < 4.78 is 0. The predicted octanol–water partition coefficient (Wildman–Crippen LogP) is 2.79. The van der Waals surface area contributed by atoms with Crippen LogP contribution < -0.4 is 10.6 Å². The summed E-state index contributed by atoms with van der Waals surface area (Å²) in [7, 11) is 0. The first-order valence-electron chi connectivity index (χ1n) is 7.22. The van der Waals surface area contributed by atoms with Crippen molar-refractivity contribution in [3.05, 3.63) is 59.4 Å². The quantitative estimate of drug-likeness (QED) is 0.857. The number of aryl methyl sites for hydroxylation is 1. The summed E-state index contributed by atoms with van der Waals surface area (Å²) in [6.07, 6.45) is 4.35. The van der Waals surface area contributed by atoms with Crippen LogP contribution in [0.25, 0.3) is 0 Å². The third kappa shape index (κ3) is 4.31. The van der Waals surface area contributed by atoms with Gasteiger partial charge >= 0.3 is 0 Å². The molecule has 0 bridgehead atoms. The van der Waals surface area contributed by atoms with E-state index in [1.165, 1.54) is 0 Å². The molecule has 0 aliphatic rings. The van der Waals surface area contributed by atoms with Gasteiger partial charge in [-0.2, -0.15) is 0 Å². The number of aromatic nitrogens is 1. The van der Waals surface area contributed by atoms with Gasteiger partial charge < -0.3 is 10.6 Å². The van der Waals surface area contributed by atoms with Gasteiger partial charge in [-0.15, -0.1) is 0 Å². The maximum atomic E-state index is 12.1. The molecule has 4 nitrogen and oxygen atoms in total. The highest BCUT2D eigenvalue weighted by Crippen LogP contribution is 2.16. The minimum absolute atomic E-state index is 0.0370. The van der Waals surface area contributed by atoms with E-state index in [1.807, 2.05) is 43.5 Å². The molecule has 1 amide bonds. The smallest absolute Gasteiger partial charge is 0.251 e. The van der Waals surface area contributed by atoms with Gasteiger partial charge in [0.25, 0.3) is 5.91 Å². The van der Waals surface area contributed by atoms with Gasteiger partial charge in [0.15, 0.2) is 0 Å². The predicted molar refractivity (Wildman–Crippen MR) is 85.6 cm³/mol. The Balaban J connectivity index is 1.90. The van der Waals surface area contributed by atoms with E-state index >= 15 is 0 Å². The zero-order valence-corrected chi connectivity index (χ0v) is 12.5. The standard InChI is InChI=1S/C17H21N3O/c1-3-19-16-7-6-15(11-13(16)2)17(21)20-10-8-14-5-4-9-18-12-14/h4-7,9,11-12,19H,3,8,10H2,1-2H3,(H,20,21). The average molecular weight is 283 g/mol. The third-order valence-electron chi connectivity index (χ3n) is 3.28. The van der Waals surface area contributed by atoms with E-state index in [9.17, 15) is 4.79 Å². The normalized spacial score (nSPS) is 10.2. The number of carbonyl (C=O) groups excluding carboxylic acids is 1. The molecule has 21 heavy (non-hydrogen) atoms. The SMILES string of the molecule is CCNc1ccc(C(=O)NCCc2cccnc2)cc1C. The van der Waals surface area contributed by atoms with E-state index in [0.717, 1.165) is 29.8 Å². The zero-order chi connectivity index (χ0) is 15.1. The number of rotatable bonds is 6. The van der Waals surface area contributed by atoms with Crippen LogP contribution in [-0.4, -0.2) is 24.0 Å². The first kappa shape index (κ1) is 15.0. The van der Waals surface area contributed by atoms with Gasteiger partial charge in [-0.25, -0.2) is 0 Å². The van der Waals surface area contributed by atoms with E-state index in [0.29, 0.717) is 12.1 Å². The van der Waals surface area contributed by atoms with Gasteiger partial charge in [-0.3, -0.25) is 9.78 Å². The van der Waals surface area contributed by atoms with E-state index in [4.69, 9.17) is 0 Å². The van der Waals surface area contributed by atoms with Crippen molar-refractivity contribution in [2.75, 3.05) is 18.4 Å². The minimum Gasteiger partial charge on any atom is -0.385 e. The largest absolute Gasteiger partial charge is 0.385 e. The summed E-state index contributed by atoms with van der Waals surface area (Å²) in [5, 5.41) is 6.21. The topological polar surface area (TPSA) is 54.0 Å². The molecule has 0 aliphatic carbocycles. The van der Waals surface area contributed by atoms with Gasteiger partial charge in [0.05, 0.1) is 0 Å². The second kappa shape index (κ2) is 7.43. The molecule has 1 aromatic carbocycles. The fraction of sp³-hybridized carbons (Fsp3) is 0.294. The number of benzene rings is 1. The number of pyridine rings is 1. The summed E-state index contributed by atoms with van der Waals surface area (Å²) in [5.41, 5.74) is 3.97. The van der Waals surface area contributed by atoms with Crippen LogP contribution in [0.5, 0.6) is 0 Å². The van der Waals surface area contributed by atoms with Crippen molar-refractivity contribution >= 4 is 11.6 Å². The Hall–Kier alpha value is -2.36. The molecule has 0 radical (unpaired) electrons. The van der Waals surface area contributed by atoms with Crippen molar-refractivity contribution in [2.24, 2.45) is 0 Å². The lowest BCUT2D eigenvalue weighted by Gasteiger charge is -2.10. The summed E-state index contributed by atoms with van der Waals surface area (Å²) >= 11 is 0. The first-order chi connectivity index (χ1) is 10.2. The number of hydrogen-bond acceptors (Lipinski definition) is 3. The molecular formula is C17H21N3O. The Labute approximate surface area is 125 Å². The molecule has 0 fully saturated rings. The van der Waals surface area contributed by atoms with Crippen LogP contribution in [0.3, 0.4) is 0 Å². The lowest BCUT2D eigenvalue weighted by atomic mass is 10.1. The molecule has 0 aliphatic heterocycles. The van der Waals surface area contributed by atoms with Gasteiger partial charge in [-0.1, -0.05) is 6.07 Å². The number of nitrogens with one attached hydrogen (secondary N) is 2. The molecular weight excluding hydrogens is 262 g/mol. The molecule has 0 unspecified atom stereocenters. The Morgan fingerprint density at radius 3 is 2.81 bits per heavy atom. The van der Waals surface area contributed by atoms with Gasteiger partial charge in [0, 0.05) is 36.7 Å². The van der Waals surface area contributed by atoms with Crippen molar-refractivity contribution in [2.45, 2.75) is 20.3 Å². The number of carbonyl (C=O) groups is 1. The summed E-state index contributed by atoms with van der Waals surface area (Å²) in [6, 6.07) is 9.63. The maximum Gasteiger partial charge on any atom is 0.251 e. The van der Waals surface area contributed by atoms with Gasteiger partial charge in [0.1, 0.15) is 0 Å². The molecule has 2 aromatic rings. The Morgan fingerprint density at radius 2 is 2.14 bits per heavy atom. The van der Waals surface area contributed by atoms with Crippen LogP contribution in [0.1, 0.15) is 28.4 Å². The maximum absolute atomic E-state index is 12.1. The number of anilines is 1. The molecule has 0 atom stereocenters. The fourth-order valence-electron chi connectivity index (χ4n) is 2.16. The van der Waals surface area contributed by atoms with E-state index in [-0.39, 0.29) is 5.91 Å². The van der Waals surface area contributed by atoms with Crippen molar-refractivity contribution in [1.82, 2.24) is 10.3 Å². The highest BCUT2D eigenvalue weighted by molar-refractivity contribution is 5.94. The lowest BCUT2D eigenvalue weighted by molar-refractivity contribution is 0.0954. The van der Waals surface area contributed by atoms with Crippen molar-refractivity contribution in [3.63, 3.8) is 0 Å². The molecule has 2 rings (SSSR count). The van der Waals surface area contributed by atoms with E-state index in [2.05, 4.69) is 22.5 Å². The Kier molecular flexibility index (Phi) is 5.32. The molecule has 2 N–H and O–H groups in total. The third-order valence-corrected chi connectivity index (χ3v) is 3.28. The van der Waals surface area contributed by atoms with Crippen molar-refractivity contribution in [1.29, 1.82) is 0 Å². The number of amides is 1. The van der Waals surface area contributed by atoms with E-state index in [1.54, 1.807) is 6.20 Å². The summed E-state index contributed by atoms with van der Waals surface area (Å²) in [5.74, 6) is -0.0370. The highest BCUT2D eigenvalue weighted by atomic mass is 16.1. The lowest BCUT2D eigenvalue weighted by Crippen LogP contribution is -2.25. The molecule has 0 saturated carbocycles. The van der Waals surface area contributed by atoms with Crippen molar-refractivity contribution < 1.29 is 4.79 Å². The van der Waals surface area contributed by atoms with Gasteiger partial charge in [-0.05, 0) is 55.7 Å². The minimum atomic E-state index is -0.0370.